The molecule has 7 nitrogen and oxygen atoms in total. The molecule has 1 aliphatic heterocycles. The van der Waals surface area contributed by atoms with Gasteiger partial charge in [-0.25, -0.2) is 4.98 Å². The Morgan fingerprint density at radius 2 is 2.03 bits per heavy atom. The molecule has 0 fully saturated rings. The fraction of sp³-hybridized carbons (Fsp3) is 0.565. The summed E-state index contributed by atoms with van der Waals surface area (Å²) < 4.78 is 0. The fourth-order valence-electron chi connectivity index (χ4n) is 3.30. The van der Waals surface area contributed by atoms with Crippen LogP contribution < -0.4 is 5.32 Å². The summed E-state index contributed by atoms with van der Waals surface area (Å²) in [5.41, 5.74) is 0.230. The first-order chi connectivity index (χ1) is 14.8. The van der Waals surface area contributed by atoms with Crippen molar-refractivity contribution in [2.24, 2.45) is 17.8 Å². The predicted octanol–water partition coefficient (Wildman–Crippen LogP) is 3.05. The number of nitrogens with one attached hydrogen (secondary N) is 1. The molecule has 2 rings (SSSR count). The van der Waals surface area contributed by atoms with Gasteiger partial charge in [0.15, 0.2) is 17.3 Å². The summed E-state index contributed by atoms with van der Waals surface area (Å²) in [5, 5.41) is 2.90. The molecule has 0 bridgehead atoms. The van der Waals surface area contributed by atoms with Crippen LogP contribution in [-0.2, 0) is 14.4 Å². The average Bonchev–Trinajstić information content (AvgIpc) is 2.74. The van der Waals surface area contributed by atoms with Gasteiger partial charge in [0.25, 0.3) is 0 Å². The summed E-state index contributed by atoms with van der Waals surface area (Å²) in [5.74, 6) is -0.0512. The number of allylic oxidation sites excluding steroid dienone is 2. The maximum atomic E-state index is 13.0. The molecule has 2 heterocycles. The van der Waals surface area contributed by atoms with E-state index in [2.05, 4.69) is 15.3 Å². The lowest BCUT2D eigenvalue weighted by molar-refractivity contribution is -0.130. The lowest BCUT2D eigenvalue weighted by Crippen LogP contribution is -2.47. The van der Waals surface area contributed by atoms with E-state index in [4.69, 9.17) is 0 Å². The molecule has 0 aromatic carbocycles. The first kappa shape index (κ1) is 24.9. The van der Waals surface area contributed by atoms with E-state index in [9.17, 15) is 19.2 Å². The van der Waals surface area contributed by atoms with Gasteiger partial charge in [0.1, 0.15) is 5.69 Å². The Labute approximate surface area is 187 Å². The molecule has 0 spiro atoms. The van der Waals surface area contributed by atoms with Crippen LogP contribution in [0.15, 0.2) is 30.7 Å². The highest BCUT2D eigenvalue weighted by Crippen LogP contribution is 2.20. The first-order valence-electron chi connectivity index (χ1n) is 10.7. The largest absolute Gasteiger partial charge is 0.345 e. The number of thioether (sulfide) groups is 1. The van der Waals surface area contributed by atoms with E-state index in [1.54, 1.807) is 23.9 Å². The Morgan fingerprint density at radius 3 is 2.71 bits per heavy atom. The molecule has 8 heteroatoms. The van der Waals surface area contributed by atoms with E-state index in [-0.39, 0.29) is 53.6 Å². The van der Waals surface area contributed by atoms with Crippen LogP contribution in [-0.4, -0.2) is 50.8 Å². The maximum absolute atomic E-state index is 13.0. The normalized spacial score (nSPS) is 22.8. The van der Waals surface area contributed by atoms with Gasteiger partial charge in [-0.3, -0.25) is 24.2 Å². The second kappa shape index (κ2) is 12.5. The molecule has 0 aliphatic carbocycles. The van der Waals surface area contributed by atoms with Crippen LogP contribution in [0.25, 0.3) is 0 Å². The van der Waals surface area contributed by atoms with Crippen molar-refractivity contribution in [1.82, 2.24) is 15.3 Å². The van der Waals surface area contributed by atoms with Crippen molar-refractivity contribution in [1.29, 1.82) is 0 Å². The predicted molar refractivity (Wildman–Crippen MR) is 121 cm³/mol. The third-order valence-corrected chi connectivity index (χ3v) is 6.38. The van der Waals surface area contributed by atoms with E-state index in [0.717, 1.165) is 12.2 Å². The van der Waals surface area contributed by atoms with Gasteiger partial charge in [-0.15, -0.1) is 0 Å². The highest BCUT2D eigenvalue weighted by molar-refractivity contribution is 7.99. The van der Waals surface area contributed by atoms with Gasteiger partial charge in [-0.05, 0) is 30.1 Å². The minimum absolute atomic E-state index is 0.0114. The monoisotopic (exact) mass is 445 g/mol. The van der Waals surface area contributed by atoms with Crippen molar-refractivity contribution in [3.05, 3.63) is 36.4 Å². The average molecular weight is 446 g/mol. The van der Waals surface area contributed by atoms with E-state index < -0.39 is 12.0 Å². The van der Waals surface area contributed by atoms with Crippen molar-refractivity contribution in [3.63, 3.8) is 0 Å². The maximum Gasteiger partial charge on any atom is 0.224 e. The molecule has 1 N–H and O–H groups in total. The van der Waals surface area contributed by atoms with Crippen LogP contribution in [0.3, 0.4) is 0 Å². The Morgan fingerprint density at radius 1 is 1.26 bits per heavy atom. The van der Waals surface area contributed by atoms with Gasteiger partial charge in [0.05, 0.1) is 12.2 Å². The number of rotatable bonds is 6. The van der Waals surface area contributed by atoms with Crippen molar-refractivity contribution >= 4 is 35.0 Å². The van der Waals surface area contributed by atoms with Gasteiger partial charge < -0.3 is 5.32 Å². The van der Waals surface area contributed by atoms with Crippen LogP contribution in [0.2, 0.25) is 0 Å². The van der Waals surface area contributed by atoms with E-state index >= 15 is 0 Å². The topological polar surface area (TPSA) is 106 Å². The second-order valence-electron chi connectivity index (χ2n) is 8.28. The van der Waals surface area contributed by atoms with Crippen molar-refractivity contribution in [2.75, 3.05) is 11.5 Å². The summed E-state index contributed by atoms with van der Waals surface area (Å²) in [6.45, 7) is 5.65. The van der Waals surface area contributed by atoms with Crippen molar-refractivity contribution in [2.45, 2.75) is 52.5 Å². The smallest absolute Gasteiger partial charge is 0.224 e. The lowest BCUT2D eigenvalue weighted by atomic mass is 9.88. The Balaban J connectivity index is 2.08. The van der Waals surface area contributed by atoms with E-state index in [0.29, 0.717) is 12.2 Å². The van der Waals surface area contributed by atoms with Gasteiger partial charge in [0.2, 0.25) is 5.91 Å². The summed E-state index contributed by atoms with van der Waals surface area (Å²) in [4.78, 5) is 58.2. The molecule has 1 aromatic rings. The van der Waals surface area contributed by atoms with E-state index in [1.165, 1.54) is 18.6 Å². The number of aromatic nitrogens is 2. The summed E-state index contributed by atoms with van der Waals surface area (Å²) >= 11 is 1.56. The molecule has 1 aliphatic rings. The number of Topliss-reactive ketones (excluding diaryl/α,β-unsaturated/α-hetero) is 2. The minimum Gasteiger partial charge on any atom is -0.345 e. The first-order valence-corrected chi connectivity index (χ1v) is 11.8. The van der Waals surface area contributed by atoms with Gasteiger partial charge in [0, 0.05) is 43.3 Å². The lowest BCUT2D eigenvalue weighted by Gasteiger charge is -2.24. The molecule has 0 radical (unpaired) electrons. The molecule has 1 amide bonds. The number of hydrogen-bond donors (Lipinski definition) is 1. The molecule has 1 aromatic heterocycles. The Hall–Kier alpha value is -2.35. The SMILES string of the molecule is CC(C)[C@H](CC(=O)c1cnccn1)C(=O)N[C@H]1CSCCCC(=O)/C=C/[C@H](C)CC1=O. The number of amides is 1. The molecule has 31 heavy (non-hydrogen) atoms. The molecule has 3 atom stereocenters. The molecule has 0 saturated carbocycles. The van der Waals surface area contributed by atoms with Gasteiger partial charge >= 0.3 is 0 Å². The minimum atomic E-state index is -0.614. The third kappa shape index (κ3) is 8.36. The molecular weight excluding hydrogens is 414 g/mol. The van der Waals surface area contributed by atoms with Crippen LogP contribution in [0.5, 0.6) is 0 Å². The Kier molecular flexibility index (Phi) is 10.0. The second-order valence-corrected chi connectivity index (χ2v) is 9.43. The standard InChI is InChI=1S/C23H31N3O4S/c1-15(2)18(12-22(29)19-13-24-8-9-25-19)23(30)26-20-14-31-10-4-5-17(27)7-6-16(3)11-21(20)28/h6-9,13,15-16,18,20H,4-5,10-12,14H2,1-3H3,(H,26,30)/b7-6+/t16-,18-,20-/m0/s1. The molecule has 168 valence electrons. The zero-order valence-electron chi connectivity index (χ0n) is 18.4. The molecule has 0 saturated heterocycles. The zero-order valence-corrected chi connectivity index (χ0v) is 19.2. The molecular formula is C23H31N3O4S. The fourth-order valence-corrected chi connectivity index (χ4v) is 4.32. The Bertz CT molecular complexity index is 810. The highest BCUT2D eigenvalue weighted by Gasteiger charge is 2.30. The van der Waals surface area contributed by atoms with Crippen molar-refractivity contribution in [3.8, 4) is 0 Å². The van der Waals surface area contributed by atoms with Crippen LogP contribution in [0.4, 0.5) is 0 Å². The number of hydrogen-bond acceptors (Lipinski definition) is 7. The van der Waals surface area contributed by atoms with Gasteiger partial charge in [-0.1, -0.05) is 26.8 Å². The quantitative estimate of drug-likeness (QED) is 0.671. The van der Waals surface area contributed by atoms with Crippen molar-refractivity contribution < 1.29 is 19.2 Å². The number of ketones is 3. The number of carbonyl (C=O) groups is 4. The van der Waals surface area contributed by atoms with Crippen LogP contribution in [0, 0.1) is 17.8 Å². The summed E-state index contributed by atoms with van der Waals surface area (Å²) in [7, 11) is 0. The highest BCUT2D eigenvalue weighted by atomic mass is 32.2. The zero-order chi connectivity index (χ0) is 22.8. The van der Waals surface area contributed by atoms with E-state index in [1.807, 2.05) is 20.8 Å². The molecule has 0 unspecified atom stereocenters. The third-order valence-electron chi connectivity index (χ3n) is 5.23. The van der Waals surface area contributed by atoms with Gasteiger partial charge in [-0.2, -0.15) is 11.8 Å². The van der Waals surface area contributed by atoms with Crippen LogP contribution >= 0.6 is 11.8 Å². The van der Waals surface area contributed by atoms with Crippen LogP contribution in [0.1, 0.15) is 56.9 Å². The number of carbonyl (C=O) groups excluding carboxylic acids is 4. The number of nitrogens with zero attached hydrogens (tertiary/aromatic N) is 2. The summed E-state index contributed by atoms with van der Waals surface area (Å²) in [6, 6.07) is -0.614. The summed E-state index contributed by atoms with van der Waals surface area (Å²) in [6.07, 6.45) is 9.14.